The average Bonchev–Trinajstić information content (AvgIpc) is 2.67. The Kier molecular flexibility index (Phi) is 4.19. The first-order valence-corrected chi connectivity index (χ1v) is 8.68. The highest BCUT2D eigenvalue weighted by Gasteiger charge is 2.20. The van der Waals surface area contributed by atoms with Crippen LogP contribution in [0.5, 0.6) is 0 Å². The van der Waals surface area contributed by atoms with Crippen LogP contribution in [0.1, 0.15) is 12.8 Å². The number of fused-ring (bicyclic) bond motifs is 1. The van der Waals surface area contributed by atoms with Crippen molar-refractivity contribution >= 4 is 22.7 Å². The lowest BCUT2D eigenvalue weighted by atomic mass is 9.97. The van der Waals surface area contributed by atoms with E-state index in [9.17, 15) is 0 Å². The zero-order valence-corrected chi connectivity index (χ0v) is 14.1. The summed E-state index contributed by atoms with van der Waals surface area (Å²) in [5.74, 6) is 1.85. The molecule has 3 heterocycles. The highest BCUT2D eigenvalue weighted by molar-refractivity contribution is 5.87. The van der Waals surface area contributed by atoms with Crippen molar-refractivity contribution in [3.63, 3.8) is 0 Å². The van der Waals surface area contributed by atoms with E-state index in [1.165, 1.54) is 0 Å². The van der Waals surface area contributed by atoms with Crippen molar-refractivity contribution in [3.8, 4) is 11.3 Å². The first-order valence-electron chi connectivity index (χ1n) is 8.68. The molecule has 1 saturated heterocycles. The molecular weight excluding hydrogens is 312 g/mol. The third-order valence-electron chi connectivity index (χ3n) is 4.90. The van der Waals surface area contributed by atoms with Gasteiger partial charge in [-0.05, 0) is 43.5 Å². The molecule has 0 aliphatic carbocycles. The van der Waals surface area contributed by atoms with Crippen LogP contribution in [-0.4, -0.2) is 34.6 Å². The molecule has 0 bridgehead atoms. The molecule has 1 aliphatic rings. The minimum Gasteiger partial charge on any atom is -0.383 e. The molecule has 0 amide bonds. The van der Waals surface area contributed by atoms with Crippen LogP contribution >= 0.6 is 0 Å². The van der Waals surface area contributed by atoms with Crippen molar-refractivity contribution in [2.45, 2.75) is 12.8 Å². The monoisotopic (exact) mass is 334 g/mol. The van der Waals surface area contributed by atoms with E-state index in [1.54, 1.807) is 6.20 Å². The number of aromatic nitrogens is 3. The van der Waals surface area contributed by atoms with Crippen LogP contribution < -0.4 is 16.4 Å². The Balaban J connectivity index is 1.67. The molecule has 1 fully saturated rings. The highest BCUT2D eigenvalue weighted by atomic mass is 15.3. The lowest BCUT2D eigenvalue weighted by molar-refractivity contribution is 0.411. The highest BCUT2D eigenvalue weighted by Crippen LogP contribution is 2.28. The Morgan fingerprint density at radius 2 is 1.88 bits per heavy atom. The number of hydrogen-bond donors (Lipinski definition) is 2. The summed E-state index contributed by atoms with van der Waals surface area (Å²) in [4.78, 5) is 15.9. The maximum absolute atomic E-state index is 6.18. The van der Waals surface area contributed by atoms with Crippen LogP contribution in [0.25, 0.3) is 22.2 Å². The van der Waals surface area contributed by atoms with Gasteiger partial charge in [-0.1, -0.05) is 18.2 Å². The average molecular weight is 334 g/mol. The van der Waals surface area contributed by atoms with Crippen molar-refractivity contribution in [3.05, 3.63) is 42.6 Å². The maximum atomic E-state index is 6.18. The quantitative estimate of drug-likeness (QED) is 0.764. The molecule has 25 heavy (non-hydrogen) atoms. The van der Waals surface area contributed by atoms with E-state index in [2.05, 4.69) is 14.9 Å². The molecule has 6 heteroatoms. The first-order chi connectivity index (χ1) is 12.2. The standard InChI is InChI=1S/C19H22N6/c20-12-13-6-9-25(10-7-13)19-22-8-5-17(24-19)15-11-14-3-1-2-4-16(14)23-18(15)21/h1-5,8,11,13H,6-7,9-10,12,20H2,(H2,21,23). The third-order valence-corrected chi connectivity index (χ3v) is 4.90. The largest absolute Gasteiger partial charge is 0.383 e. The number of anilines is 2. The van der Waals surface area contributed by atoms with Gasteiger partial charge in [0.25, 0.3) is 0 Å². The van der Waals surface area contributed by atoms with Gasteiger partial charge in [0.05, 0.1) is 11.2 Å². The third kappa shape index (κ3) is 3.13. The Hall–Kier alpha value is -2.73. The number of nitrogens with zero attached hydrogens (tertiary/aromatic N) is 4. The zero-order valence-electron chi connectivity index (χ0n) is 14.1. The van der Waals surface area contributed by atoms with Crippen LogP contribution in [0.4, 0.5) is 11.8 Å². The minimum atomic E-state index is 0.491. The molecule has 0 saturated carbocycles. The van der Waals surface area contributed by atoms with Gasteiger partial charge >= 0.3 is 0 Å². The predicted octanol–water partition coefficient (Wildman–Crippen LogP) is 2.45. The summed E-state index contributed by atoms with van der Waals surface area (Å²) in [5.41, 5.74) is 14.5. The van der Waals surface area contributed by atoms with Gasteiger partial charge < -0.3 is 16.4 Å². The fourth-order valence-corrected chi connectivity index (χ4v) is 3.36. The van der Waals surface area contributed by atoms with Crippen molar-refractivity contribution < 1.29 is 0 Å². The molecule has 0 spiro atoms. The number of hydrogen-bond acceptors (Lipinski definition) is 6. The second-order valence-corrected chi connectivity index (χ2v) is 6.52. The van der Waals surface area contributed by atoms with Gasteiger partial charge in [-0.25, -0.2) is 15.0 Å². The summed E-state index contributed by atoms with van der Waals surface area (Å²) in [7, 11) is 0. The van der Waals surface area contributed by atoms with Crippen LogP contribution in [0, 0.1) is 5.92 Å². The van der Waals surface area contributed by atoms with E-state index in [4.69, 9.17) is 16.5 Å². The van der Waals surface area contributed by atoms with Gasteiger partial charge in [-0.2, -0.15) is 0 Å². The van der Waals surface area contributed by atoms with E-state index in [-0.39, 0.29) is 0 Å². The van der Waals surface area contributed by atoms with E-state index in [1.807, 2.05) is 36.4 Å². The topological polar surface area (TPSA) is 94.0 Å². The summed E-state index contributed by atoms with van der Waals surface area (Å²) >= 11 is 0. The molecule has 6 nitrogen and oxygen atoms in total. The Morgan fingerprint density at radius 1 is 1.08 bits per heavy atom. The lowest BCUT2D eigenvalue weighted by Crippen LogP contribution is -2.37. The Bertz CT molecular complexity index is 886. The molecule has 4 rings (SSSR count). The summed E-state index contributed by atoms with van der Waals surface area (Å²) in [6.07, 6.45) is 3.97. The second kappa shape index (κ2) is 6.64. The van der Waals surface area contributed by atoms with Gasteiger partial charge in [0.2, 0.25) is 5.95 Å². The van der Waals surface area contributed by atoms with Crippen molar-refractivity contribution in [2.75, 3.05) is 30.3 Å². The molecule has 128 valence electrons. The lowest BCUT2D eigenvalue weighted by Gasteiger charge is -2.31. The molecule has 0 unspecified atom stereocenters. The molecule has 2 aromatic heterocycles. The van der Waals surface area contributed by atoms with Gasteiger partial charge in [0.1, 0.15) is 5.82 Å². The molecule has 0 atom stereocenters. The van der Waals surface area contributed by atoms with Crippen LogP contribution in [-0.2, 0) is 0 Å². The second-order valence-electron chi connectivity index (χ2n) is 6.52. The number of nitrogens with two attached hydrogens (primary N) is 2. The summed E-state index contributed by atoms with van der Waals surface area (Å²) in [5, 5.41) is 1.05. The number of rotatable bonds is 3. The van der Waals surface area contributed by atoms with E-state index < -0.39 is 0 Å². The van der Waals surface area contributed by atoms with Crippen LogP contribution in [0.15, 0.2) is 42.6 Å². The Labute approximate surface area is 146 Å². The molecule has 1 aliphatic heterocycles. The fourth-order valence-electron chi connectivity index (χ4n) is 3.36. The van der Waals surface area contributed by atoms with Crippen molar-refractivity contribution in [2.24, 2.45) is 11.7 Å². The first kappa shape index (κ1) is 15.8. The molecule has 4 N–H and O–H groups in total. The van der Waals surface area contributed by atoms with Gasteiger partial charge in [-0.3, -0.25) is 0 Å². The van der Waals surface area contributed by atoms with Crippen molar-refractivity contribution in [1.29, 1.82) is 0 Å². The van der Waals surface area contributed by atoms with Crippen LogP contribution in [0.2, 0.25) is 0 Å². The number of pyridine rings is 1. The number of benzene rings is 1. The number of nitrogen functional groups attached to an aromatic ring is 1. The molecule has 3 aromatic rings. The van der Waals surface area contributed by atoms with Gasteiger partial charge in [0, 0.05) is 30.2 Å². The van der Waals surface area contributed by atoms with E-state index >= 15 is 0 Å². The maximum Gasteiger partial charge on any atom is 0.225 e. The SMILES string of the molecule is NCC1CCN(c2nccc(-c3cc4ccccc4nc3N)n2)CC1. The summed E-state index contributed by atoms with van der Waals surface area (Å²) < 4.78 is 0. The van der Waals surface area contributed by atoms with Gasteiger partial charge in [0.15, 0.2) is 0 Å². The molecule has 0 radical (unpaired) electrons. The predicted molar refractivity (Wildman–Crippen MR) is 101 cm³/mol. The smallest absolute Gasteiger partial charge is 0.225 e. The Morgan fingerprint density at radius 3 is 2.68 bits per heavy atom. The summed E-state index contributed by atoms with van der Waals surface area (Å²) in [6.45, 7) is 2.64. The zero-order chi connectivity index (χ0) is 17.2. The number of piperidine rings is 1. The van der Waals surface area contributed by atoms with Crippen LogP contribution in [0.3, 0.4) is 0 Å². The minimum absolute atomic E-state index is 0.491. The molecular formula is C19H22N6. The molecule has 1 aromatic carbocycles. The summed E-state index contributed by atoms with van der Waals surface area (Å²) in [6, 6.07) is 11.9. The van der Waals surface area contributed by atoms with Crippen molar-refractivity contribution in [1.82, 2.24) is 15.0 Å². The van der Waals surface area contributed by atoms with Gasteiger partial charge in [-0.15, -0.1) is 0 Å². The fraction of sp³-hybridized carbons (Fsp3) is 0.316. The number of para-hydroxylation sites is 1. The van der Waals surface area contributed by atoms with E-state index in [0.717, 1.165) is 60.6 Å². The van der Waals surface area contributed by atoms with E-state index in [0.29, 0.717) is 11.7 Å². The normalized spacial score (nSPS) is 15.6.